The summed E-state index contributed by atoms with van der Waals surface area (Å²) in [7, 11) is 20.6. The Labute approximate surface area is 109 Å². The highest BCUT2D eigenvalue weighted by Crippen LogP contribution is 2.03. The molecule has 0 spiro atoms. The molecule has 0 heterocycles. The molecule has 0 atom stereocenters. The molecule has 1 aromatic carbocycles. The first-order chi connectivity index (χ1) is 7.89. The van der Waals surface area contributed by atoms with E-state index < -0.39 is 5.24 Å². The second-order valence-corrected chi connectivity index (χ2v) is 4.53. The Morgan fingerprint density at radius 3 is 2.12 bits per heavy atom. The number of nitrogens with zero attached hydrogens (tertiary/aromatic N) is 2. The van der Waals surface area contributed by atoms with Crippen LogP contribution in [0.3, 0.4) is 0 Å². The standard InChI is InChI=1S/C12H17B3N2/c1-16(8-9-17(2)12(13,14)15)10-11-6-4-3-5-7-11/h3-7H,8-10H2,1-2H3. The Bertz CT molecular complexity index is 324. The molecule has 0 N–H and O–H groups in total. The largest absolute Gasteiger partial charge is 0.324 e. The lowest BCUT2D eigenvalue weighted by Crippen LogP contribution is -2.50. The first-order valence-electron chi connectivity index (χ1n) is 5.70. The Morgan fingerprint density at radius 1 is 1.00 bits per heavy atom. The van der Waals surface area contributed by atoms with Gasteiger partial charge in [-0.2, -0.15) is 0 Å². The lowest BCUT2D eigenvalue weighted by atomic mass is 9.48. The van der Waals surface area contributed by atoms with E-state index in [1.54, 1.807) is 4.90 Å². The third-order valence-electron chi connectivity index (χ3n) is 2.77. The zero-order chi connectivity index (χ0) is 12.9. The molecule has 84 valence electrons. The van der Waals surface area contributed by atoms with E-state index in [0.29, 0.717) is 0 Å². The van der Waals surface area contributed by atoms with E-state index in [9.17, 15) is 0 Å². The van der Waals surface area contributed by atoms with Gasteiger partial charge in [-0.1, -0.05) is 35.6 Å². The van der Waals surface area contributed by atoms with Gasteiger partial charge in [-0.05, 0) is 19.7 Å². The minimum absolute atomic E-state index is 0.729. The van der Waals surface area contributed by atoms with Crippen LogP contribution in [0.5, 0.6) is 0 Å². The van der Waals surface area contributed by atoms with Crippen LogP contribution in [0.1, 0.15) is 5.56 Å². The van der Waals surface area contributed by atoms with Gasteiger partial charge in [0, 0.05) is 19.6 Å². The first kappa shape index (κ1) is 14.4. The molecule has 17 heavy (non-hydrogen) atoms. The highest BCUT2D eigenvalue weighted by Gasteiger charge is 2.15. The molecular formula is C12H17B3N2. The van der Waals surface area contributed by atoms with Gasteiger partial charge in [-0.25, -0.2) is 0 Å². The predicted octanol–water partition coefficient (Wildman–Crippen LogP) is 0.167. The summed E-state index contributed by atoms with van der Waals surface area (Å²) in [6, 6.07) is 10.3. The molecule has 5 heteroatoms. The predicted molar refractivity (Wildman–Crippen MR) is 75.4 cm³/mol. The minimum Gasteiger partial charge on any atom is -0.324 e. The Balaban J connectivity index is 2.33. The minimum atomic E-state index is -1.24. The van der Waals surface area contributed by atoms with Crippen LogP contribution in [0.2, 0.25) is 0 Å². The normalized spacial score (nSPS) is 12.2. The van der Waals surface area contributed by atoms with Crippen molar-refractivity contribution in [2.75, 3.05) is 27.2 Å². The molecule has 0 unspecified atom stereocenters. The third-order valence-corrected chi connectivity index (χ3v) is 2.77. The smallest absolute Gasteiger partial charge is 0.0698 e. The molecule has 0 fully saturated rings. The van der Waals surface area contributed by atoms with Crippen molar-refractivity contribution in [3.8, 4) is 0 Å². The molecule has 0 saturated heterocycles. The summed E-state index contributed by atoms with van der Waals surface area (Å²) in [5, 5.41) is -1.24. The molecule has 1 aromatic rings. The van der Waals surface area contributed by atoms with Gasteiger partial charge < -0.3 is 9.80 Å². The van der Waals surface area contributed by atoms with Crippen molar-refractivity contribution in [3.63, 3.8) is 0 Å². The van der Waals surface area contributed by atoms with Gasteiger partial charge in [-0.3, -0.25) is 0 Å². The fraction of sp³-hybridized carbons (Fsp3) is 0.500. The molecule has 0 saturated carbocycles. The van der Waals surface area contributed by atoms with E-state index in [-0.39, 0.29) is 0 Å². The number of likely N-dealkylation sites (N-methyl/N-ethyl adjacent to an activating group) is 2. The number of benzene rings is 1. The fourth-order valence-corrected chi connectivity index (χ4v) is 1.49. The van der Waals surface area contributed by atoms with Crippen molar-refractivity contribution in [2.24, 2.45) is 0 Å². The molecule has 1 rings (SSSR count). The molecule has 0 aromatic heterocycles. The van der Waals surface area contributed by atoms with Gasteiger partial charge in [0.25, 0.3) is 0 Å². The molecule has 0 aliphatic rings. The molecular weight excluding hydrogens is 205 g/mol. The second-order valence-electron chi connectivity index (χ2n) is 4.53. The maximum atomic E-state index is 5.58. The molecule has 0 amide bonds. The zero-order valence-corrected chi connectivity index (χ0v) is 10.6. The van der Waals surface area contributed by atoms with Gasteiger partial charge in [0.05, 0.1) is 23.5 Å². The van der Waals surface area contributed by atoms with Crippen LogP contribution in [0, 0.1) is 0 Å². The molecule has 0 aliphatic heterocycles. The molecule has 2 nitrogen and oxygen atoms in total. The van der Waals surface area contributed by atoms with Gasteiger partial charge in [0.15, 0.2) is 0 Å². The second kappa shape index (κ2) is 6.32. The average Bonchev–Trinajstić information content (AvgIpc) is 2.26. The van der Waals surface area contributed by atoms with Crippen LogP contribution in [-0.2, 0) is 6.54 Å². The van der Waals surface area contributed by atoms with E-state index in [1.165, 1.54) is 5.56 Å². The first-order valence-corrected chi connectivity index (χ1v) is 5.70. The topological polar surface area (TPSA) is 6.48 Å². The maximum absolute atomic E-state index is 5.58. The SMILES string of the molecule is [B]C([B])([B])N(C)CCN(C)Cc1ccccc1. The van der Waals surface area contributed by atoms with E-state index in [1.807, 2.05) is 25.2 Å². The summed E-state index contributed by atoms with van der Waals surface area (Å²) in [6.45, 7) is 2.49. The summed E-state index contributed by atoms with van der Waals surface area (Å²) in [4.78, 5) is 3.94. The van der Waals surface area contributed by atoms with Gasteiger partial charge in [-0.15, -0.1) is 0 Å². The lowest BCUT2D eigenvalue weighted by molar-refractivity contribution is 0.251. The maximum Gasteiger partial charge on any atom is 0.0698 e. The van der Waals surface area contributed by atoms with Crippen molar-refractivity contribution < 1.29 is 0 Å². The van der Waals surface area contributed by atoms with E-state index >= 15 is 0 Å². The third kappa shape index (κ3) is 5.47. The van der Waals surface area contributed by atoms with Crippen molar-refractivity contribution in [1.29, 1.82) is 0 Å². The lowest BCUT2D eigenvalue weighted by Gasteiger charge is -2.34. The van der Waals surface area contributed by atoms with E-state index in [0.717, 1.165) is 19.6 Å². The van der Waals surface area contributed by atoms with Crippen LogP contribution in [0.4, 0.5) is 0 Å². The average molecular weight is 222 g/mol. The highest BCUT2D eigenvalue weighted by atomic mass is 15.2. The van der Waals surface area contributed by atoms with Crippen LogP contribution >= 0.6 is 0 Å². The summed E-state index contributed by atoms with van der Waals surface area (Å²) in [5.74, 6) is 0. The van der Waals surface area contributed by atoms with E-state index in [2.05, 4.69) is 24.1 Å². The van der Waals surface area contributed by atoms with Crippen LogP contribution in [-0.4, -0.2) is 65.8 Å². The summed E-state index contributed by atoms with van der Waals surface area (Å²) in [5.41, 5.74) is 1.29. The van der Waals surface area contributed by atoms with Crippen LogP contribution < -0.4 is 0 Å². The molecule has 0 bridgehead atoms. The fourth-order valence-electron chi connectivity index (χ4n) is 1.49. The van der Waals surface area contributed by atoms with Gasteiger partial charge in [0.2, 0.25) is 0 Å². The number of hydrogen-bond acceptors (Lipinski definition) is 2. The monoisotopic (exact) mass is 222 g/mol. The van der Waals surface area contributed by atoms with Gasteiger partial charge >= 0.3 is 0 Å². The zero-order valence-electron chi connectivity index (χ0n) is 10.6. The number of hydrogen-bond donors (Lipinski definition) is 0. The van der Waals surface area contributed by atoms with Crippen LogP contribution in [0.25, 0.3) is 0 Å². The Hall–Kier alpha value is -0.665. The summed E-state index contributed by atoms with van der Waals surface area (Å²) < 4.78 is 0. The Kier molecular flexibility index (Phi) is 5.35. The summed E-state index contributed by atoms with van der Waals surface area (Å²) >= 11 is 0. The Morgan fingerprint density at radius 2 is 1.59 bits per heavy atom. The number of rotatable bonds is 6. The van der Waals surface area contributed by atoms with Crippen LogP contribution in [0.15, 0.2) is 30.3 Å². The van der Waals surface area contributed by atoms with Crippen molar-refractivity contribution in [1.82, 2.24) is 9.80 Å². The van der Waals surface area contributed by atoms with Gasteiger partial charge in [0.1, 0.15) is 0 Å². The van der Waals surface area contributed by atoms with Crippen molar-refractivity contribution in [2.45, 2.75) is 11.8 Å². The molecule has 0 aliphatic carbocycles. The van der Waals surface area contributed by atoms with Crippen molar-refractivity contribution >= 4 is 23.5 Å². The highest BCUT2D eigenvalue weighted by molar-refractivity contribution is 6.59. The molecule has 6 radical (unpaired) electrons. The van der Waals surface area contributed by atoms with E-state index in [4.69, 9.17) is 23.5 Å². The summed E-state index contributed by atoms with van der Waals surface area (Å²) in [6.07, 6.45) is 0. The quantitative estimate of drug-likeness (QED) is 0.632. The van der Waals surface area contributed by atoms with Crippen molar-refractivity contribution in [3.05, 3.63) is 35.9 Å².